The van der Waals surface area contributed by atoms with Crippen LogP contribution in [0.15, 0.2) is 0 Å². The zero-order valence-corrected chi connectivity index (χ0v) is 5.71. The first-order chi connectivity index (χ1) is 3.35. The summed E-state index contributed by atoms with van der Waals surface area (Å²) in [7, 11) is 1.19. The molecule has 0 aromatic rings. The van der Waals surface area contributed by atoms with Crippen LogP contribution in [0.1, 0.15) is 13.3 Å². The van der Waals surface area contributed by atoms with Gasteiger partial charge in [-0.3, -0.25) is 5.26 Å². The molecule has 1 atom stereocenters. The molecule has 0 radical (unpaired) electrons. The molecule has 0 bridgehead atoms. The van der Waals surface area contributed by atoms with Crippen molar-refractivity contribution in [2.24, 2.45) is 0 Å². The standard InChI is InChI=1S/C3H8O2S2/c1-2-3(5-4)7-6/h3-4,6H,2H2,1H3. The summed E-state index contributed by atoms with van der Waals surface area (Å²) in [4.78, 5) is 3.94. The van der Waals surface area contributed by atoms with E-state index in [4.69, 9.17) is 5.26 Å². The average Bonchev–Trinajstić information content (AvgIpc) is 1.72. The number of rotatable bonds is 3. The Labute approximate surface area is 52.0 Å². The van der Waals surface area contributed by atoms with Crippen LogP contribution < -0.4 is 0 Å². The van der Waals surface area contributed by atoms with E-state index in [1.165, 1.54) is 10.8 Å². The fraction of sp³-hybridized carbons (Fsp3) is 1.00. The molecule has 0 amide bonds. The molecule has 44 valence electrons. The van der Waals surface area contributed by atoms with Crippen molar-refractivity contribution in [2.45, 2.75) is 18.8 Å². The lowest BCUT2D eigenvalue weighted by atomic mass is 10.5. The van der Waals surface area contributed by atoms with E-state index >= 15 is 0 Å². The van der Waals surface area contributed by atoms with Crippen LogP contribution in [-0.2, 0) is 4.89 Å². The quantitative estimate of drug-likeness (QED) is 0.206. The molecule has 0 aliphatic rings. The van der Waals surface area contributed by atoms with Gasteiger partial charge in [-0.25, -0.2) is 4.89 Å². The molecule has 0 saturated heterocycles. The predicted molar refractivity (Wildman–Crippen MR) is 34.4 cm³/mol. The lowest BCUT2D eigenvalue weighted by molar-refractivity contribution is -0.253. The largest absolute Gasteiger partial charge is 0.251 e. The minimum absolute atomic E-state index is 0.177. The van der Waals surface area contributed by atoms with Gasteiger partial charge in [0.2, 0.25) is 0 Å². The minimum atomic E-state index is -0.177. The van der Waals surface area contributed by atoms with Gasteiger partial charge in [-0.05, 0) is 6.42 Å². The Kier molecular flexibility index (Phi) is 5.19. The molecule has 0 aliphatic heterocycles. The van der Waals surface area contributed by atoms with E-state index in [9.17, 15) is 0 Å². The van der Waals surface area contributed by atoms with E-state index in [1.54, 1.807) is 0 Å². The molecule has 0 fully saturated rings. The highest BCUT2D eigenvalue weighted by Gasteiger charge is 2.00. The summed E-state index contributed by atoms with van der Waals surface area (Å²) in [5.74, 6) is 0. The third kappa shape index (κ3) is 3.22. The summed E-state index contributed by atoms with van der Waals surface area (Å²) in [6, 6.07) is 0. The Bertz CT molecular complexity index is 32.4. The molecule has 4 heteroatoms. The zero-order chi connectivity index (χ0) is 5.70. The second-order valence-electron chi connectivity index (χ2n) is 1.05. The number of hydrogen-bond acceptors (Lipinski definition) is 4. The highest BCUT2D eigenvalue weighted by Crippen LogP contribution is 2.17. The van der Waals surface area contributed by atoms with E-state index < -0.39 is 0 Å². The van der Waals surface area contributed by atoms with Crippen LogP contribution in [0.4, 0.5) is 0 Å². The van der Waals surface area contributed by atoms with Crippen LogP contribution in [0.3, 0.4) is 0 Å². The minimum Gasteiger partial charge on any atom is -0.251 e. The smallest absolute Gasteiger partial charge is 0.147 e. The topological polar surface area (TPSA) is 29.5 Å². The molecule has 1 N–H and O–H groups in total. The molecule has 0 saturated carbocycles. The van der Waals surface area contributed by atoms with Crippen LogP contribution in [-0.4, -0.2) is 10.7 Å². The molecule has 7 heavy (non-hydrogen) atoms. The average molecular weight is 140 g/mol. The molecule has 0 heterocycles. The summed E-state index contributed by atoms with van der Waals surface area (Å²) in [6.07, 6.45) is 0.769. The Balaban J connectivity index is 2.99. The monoisotopic (exact) mass is 140 g/mol. The van der Waals surface area contributed by atoms with E-state index in [0.717, 1.165) is 6.42 Å². The van der Waals surface area contributed by atoms with Crippen LogP contribution >= 0.6 is 22.5 Å². The maximum atomic E-state index is 7.96. The second-order valence-corrected chi connectivity index (χ2v) is 2.42. The molecular weight excluding hydrogens is 132 g/mol. The summed E-state index contributed by atoms with van der Waals surface area (Å²) in [5, 5.41) is 7.96. The van der Waals surface area contributed by atoms with E-state index in [0.29, 0.717) is 0 Å². The zero-order valence-electron chi connectivity index (χ0n) is 4.00. The van der Waals surface area contributed by atoms with Gasteiger partial charge in [0.1, 0.15) is 5.44 Å². The van der Waals surface area contributed by atoms with Crippen molar-refractivity contribution in [3.8, 4) is 0 Å². The van der Waals surface area contributed by atoms with Crippen LogP contribution in [0.25, 0.3) is 0 Å². The van der Waals surface area contributed by atoms with Crippen molar-refractivity contribution in [1.82, 2.24) is 0 Å². The molecule has 0 aromatic carbocycles. The van der Waals surface area contributed by atoms with Gasteiger partial charge in [-0.15, -0.1) is 11.7 Å². The van der Waals surface area contributed by atoms with Gasteiger partial charge in [0.25, 0.3) is 0 Å². The number of hydrogen-bond donors (Lipinski definition) is 2. The van der Waals surface area contributed by atoms with Crippen LogP contribution in [0.5, 0.6) is 0 Å². The van der Waals surface area contributed by atoms with E-state index in [2.05, 4.69) is 16.5 Å². The summed E-state index contributed by atoms with van der Waals surface area (Å²) in [5.41, 5.74) is -0.177. The maximum absolute atomic E-state index is 7.96. The Morgan fingerprint density at radius 3 is 2.57 bits per heavy atom. The lowest BCUT2D eigenvalue weighted by Crippen LogP contribution is -1.99. The van der Waals surface area contributed by atoms with Crippen molar-refractivity contribution < 1.29 is 10.1 Å². The van der Waals surface area contributed by atoms with Crippen molar-refractivity contribution in [3.63, 3.8) is 0 Å². The summed E-state index contributed by atoms with van der Waals surface area (Å²) in [6.45, 7) is 1.91. The van der Waals surface area contributed by atoms with Gasteiger partial charge in [0.15, 0.2) is 0 Å². The first-order valence-electron chi connectivity index (χ1n) is 1.95. The van der Waals surface area contributed by atoms with Crippen molar-refractivity contribution in [3.05, 3.63) is 0 Å². The fourth-order valence-electron chi connectivity index (χ4n) is 0.168. The summed E-state index contributed by atoms with van der Waals surface area (Å²) >= 11 is 3.81. The second kappa shape index (κ2) is 4.77. The molecule has 0 rings (SSSR count). The van der Waals surface area contributed by atoms with Crippen molar-refractivity contribution in [1.29, 1.82) is 0 Å². The highest BCUT2D eigenvalue weighted by atomic mass is 33.1. The normalized spacial score (nSPS) is 14.1. The van der Waals surface area contributed by atoms with Crippen LogP contribution in [0, 0.1) is 0 Å². The number of thiol groups is 1. The third-order valence-electron chi connectivity index (χ3n) is 0.568. The highest BCUT2D eigenvalue weighted by molar-refractivity contribution is 8.68. The van der Waals surface area contributed by atoms with Gasteiger partial charge in [-0.2, -0.15) is 0 Å². The Morgan fingerprint density at radius 2 is 2.57 bits per heavy atom. The molecule has 0 aliphatic carbocycles. The van der Waals surface area contributed by atoms with Gasteiger partial charge < -0.3 is 0 Å². The first-order valence-corrected chi connectivity index (χ1v) is 3.88. The van der Waals surface area contributed by atoms with Crippen LogP contribution in [0.2, 0.25) is 0 Å². The molecule has 0 spiro atoms. The van der Waals surface area contributed by atoms with Gasteiger partial charge in [0, 0.05) is 0 Å². The molecule has 2 nitrogen and oxygen atoms in total. The lowest BCUT2D eigenvalue weighted by Gasteiger charge is -2.02. The first kappa shape index (κ1) is 7.62. The fourth-order valence-corrected chi connectivity index (χ4v) is 0.919. The van der Waals surface area contributed by atoms with Crippen molar-refractivity contribution >= 4 is 22.5 Å². The van der Waals surface area contributed by atoms with Crippen molar-refractivity contribution in [2.75, 3.05) is 0 Å². The third-order valence-corrected chi connectivity index (χ3v) is 1.93. The van der Waals surface area contributed by atoms with E-state index in [1.807, 2.05) is 6.92 Å². The molecular formula is C3H8O2S2. The van der Waals surface area contributed by atoms with Gasteiger partial charge >= 0.3 is 0 Å². The summed E-state index contributed by atoms with van der Waals surface area (Å²) < 4.78 is 0. The Hall–Kier alpha value is 0.620. The molecule has 0 aromatic heterocycles. The SMILES string of the molecule is CCC(OO)SS. The van der Waals surface area contributed by atoms with Gasteiger partial charge in [0.05, 0.1) is 0 Å². The van der Waals surface area contributed by atoms with Gasteiger partial charge in [-0.1, -0.05) is 17.7 Å². The Morgan fingerprint density at radius 1 is 2.00 bits per heavy atom. The predicted octanol–water partition coefficient (Wildman–Crippen LogP) is 1.79. The molecule has 1 unspecified atom stereocenters. The maximum Gasteiger partial charge on any atom is 0.147 e. The van der Waals surface area contributed by atoms with E-state index in [-0.39, 0.29) is 5.44 Å².